The fourth-order valence-corrected chi connectivity index (χ4v) is 4.26. The molecule has 1 saturated heterocycles. The van der Waals surface area contributed by atoms with Gasteiger partial charge in [-0.05, 0) is 18.6 Å². The number of hydrogen-bond donors (Lipinski definition) is 2. The third-order valence-corrected chi connectivity index (χ3v) is 6.11. The Kier molecular flexibility index (Phi) is 9.48. The van der Waals surface area contributed by atoms with Crippen molar-refractivity contribution in [3.8, 4) is 5.75 Å². The van der Waals surface area contributed by atoms with Gasteiger partial charge in [0, 0.05) is 50.4 Å². The van der Waals surface area contributed by atoms with Crippen LogP contribution < -0.4 is 20.3 Å². The van der Waals surface area contributed by atoms with Crippen LogP contribution >= 0.6 is 35.3 Å². The first-order valence-electron chi connectivity index (χ1n) is 9.90. The molecule has 0 aliphatic carbocycles. The van der Waals surface area contributed by atoms with E-state index in [2.05, 4.69) is 51.9 Å². The van der Waals surface area contributed by atoms with Crippen molar-refractivity contribution in [3.63, 3.8) is 0 Å². The zero-order chi connectivity index (χ0) is 19.9. The van der Waals surface area contributed by atoms with Gasteiger partial charge in [-0.15, -0.1) is 35.3 Å². The normalized spacial score (nSPS) is 16.7. The summed E-state index contributed by atoms with van der Waals surface area (Å²) in [6, 6.07) is 8.56. The van der Waals surface area contributed by atoms with Gasteiger partial charge in [0.25, 0.3) is 0 Å². The van der Waals surface area contributed by atoms with Crippen molar-refractivity contribution >= 4 is 47.0 Å². The van der Waals surface area contributed by atoms with Gasteiger partial charge in [-0.1, -0.05) is 26.0 Å². The lowest BCUT2D eigenvalue weighted by Gasteiger charge is -2.22. The summed E-state index contributed by atoms with van der Waals surface area (Å²) in [6.45, 7) is 7.13. The molecule has 3 rings (SSSR count). The summed E-state index contributed by atoms with van der Waals surface area (Å²) in [5.41, 5.74) is 2.31. The molecule has 8 heteroatoms. The van der Waals surface area contributed by atoms with Crippen molar-refractivity contribution in [1.29, 1.82) is 0 Å². The second-order valence-electron chi connectivity index (χ2n) is 7.33. The van der Waals surface area contributed by atoms with Gasteiger partial charge in [0.2, 0.25) is 0 Å². The second-order valence-corrected chi connectivity index (χ2v) is 8.22. The Morgan fingerprint density at radius 1 is 1.38 bits per heavy atom. The van der Waals surface area contributed by atoms with E-state index < -0.39 is 0 Å². The molecule has 1 aromatic carbocycles. The lowest BCUT2D eigenvalue weighted by Crippen LogP contribution is -2.45. The van der Waals surface area contributed by atoms with Crippen LogP contribution in [0.3, 0.4) is 0 Å². The van der Waals surface area contributed by atoms with Crippen LogP contribution in [-0.4, -0.2) is 50.8 Å². The van der Waals surface area contributed by atoms with E-state index in [0.29, 0.717) is 12.0 Å². The van der Waals surface area contributed by atoms with Crippen LogP contribution in [0, 0.1) is 0 Å². The number of guanidine groups is 1. The first kappa shape index (κ1) is 23.7. The summed E-state index contributed by atoms with van der Waals surface area (Å²) in [5, 5.41) is 10.3. The van der Waals surface area contributed by atoms with E-state index in [-0.39, 0.29) is 24.0 Å². The largest absolute Gasteiger partial charge is 0.495 e. The highest BCUT2D eigenvalue weighted by Crippen LogP contribution is 2.30. The van der Waals surface area contributed by atoms with Crippen molar-refractivity contribution < 1.29 is 4.74 Å². The second kappa shape index (κ2) is 11.6. The van der Waals surface area contributed by atoms with Crippen molar-refractivity contribution in [2.75, 3.05) is 38.7 Å². The number of aromatic nitrogens is 1. The van der Waals surface area contributed by atoms with E-state index in [9.17, 15) is 0 Å². The molecule has 0 spiro atoms. The van der Waals surface area contributed by atoms with Gasteiger partial charge >= 0.3 is 0 Å². The Morgan fingerprint density at radius 3 is 2.86 bits per heavy atom. The van der Waals surface area contributed by atoms with Crippen LogP contribution in [0.15, 0.2) is 34.6 Å². The number of aliphatic imine (C=N–C) groups is 1. The Bertz CT molecular complexity index is 795. The number of nitrogens with zero attached hydrogens (tertiary/aromatic N) is 3. The van der Waals surface area contributed by atoms with E-state index in [4.69, 9.17) is 9.72 Å². The zero-order valence-corrected chi connectivity index (χ0v) is 20.8. The Morgan fingerprint density at radius 2 is 2.17 bits per heavy atom. The van der Waals surface area contributed by atoms with Crippen LogP contribution in [-0.2, 0) is 6.42 Å². The molecule has 1 aliphatic rings. The molecule has 6 nitrogen and oxygen atoms in total. The lowest BCUT2D eigenvalue weighted by molar-refractivity contribution is 0.415. The van der Waals surface area contributed by atoms with Gasteiger partial charge in [0.1, 0.15) is 5.75 Å². The molecule has 0 radical (unpaired) electrons. The molecule has 160 valence electrons. The summed E-state index contributed by atoms with van der Waals surface area (Å²) in [6.07, 6.45) is 1.98. The van der Waals surface area contributed by atoms with Crippen molar-refractivity contribution in [2.45, 2.75) is 38.6 Å². The highest BCUT2D eigenvalue weighted by molar-refractivity contribution is 14.0. The van der Waals surface area contributed by atoms with E-state index in [1.54, 1.807) is 18.4 Å². The predicted octanol–water partition coefficient (Wildman–Crippen LogP) is 3.88. The molecular weight excluding hydrogens is 497 g/mol. The Balaban J connectivity index is 0.00000300. The van der Waals surface area contributed by atoms with Gasteiger partial charge in [-0.2, -0.15) is 0 Å². The van der Waals surface area contributed by atoms with Crippen LogP contribution in [0.4, 0.5) is 5.69 Å². The van der Waals surface area contributed by atoms with E-state index in [0.717, 1.165) is 55.6 Å². The van der Waals surface area contributed by atoms with E-state index in [1.807, 2.05) is 19.2 Å². The zero-order valence-electron chi connectivity index (χ0n) is 17.6. The van der Waals surface area contributed by atoms with Crippen molar-refractivity contribution in [2.24, 2.45) is 4.99 Å². The summed E-state index contributed by atoms with van der Waals surface area (Å²) in [7, 11) is 3.55. The molecule has 1 unspecified atom stereocenters. The number of ether oxygens (including phenoxy) is 1. The molecule has 0 saturated carbocycles. The van der Waals surface area contributed by atoms with Gasteiger partial charge < -0.3 is 20.3 Å². The van der Waals surface area contributed by atoms with E-state index >= 15 is 0 Å². The number of benzene rings is 1. The molecule has 2 N–H and O–H groups in total. The minimum atomic E-state index is 0. The van der Waals surface area contributed by atoms with Crippen LogP contribution in [0.2, 0.25) is 0 Å². The summed E-state index contributed by atoms with van der Waals surface area (Å²) < 4.78 is 5.50. The van der Waals surface area contributed by atoms with Crippen molar-refractivity contribution in [3.05, 3.63) is 40.3 Å². The summed E-state index contributed by atoms with van der Waals surface area (Å²) in [4.78, 5) is 11.4. The number of rotatable bonds is 7. The molecule has 1 aromatic heterocycles. The Hall–Kier alpha value is -1.55. The molecule has 0 amide bonds. The van der Waals surface area contributed by atoms with Gasteiger partial charge in [0.15, 0.2) is 5.96 Å². The maximum absolute atomic E-state index is 5.50. The number of methoxy groups -OCH3 is 1. The minimum absolute atomic E-state index is 0. The van der Waals surface area contributed by atoms with E-state index in [1.165, 1.54) is 5.01 Å². The molecule has 2 aromatic rings. The average Bonchev–Trinajstić information content (AvgIpc) is 3.37. The molecular formula is C21H32IN5OS. The maximum atomic E-state index is 5.50. The topological polar surface area (TPSA) is 61.8 Å². The molecule has 29 heavy (non-hydrogen) atoms. The molecule has 2 heterocycles. The number of para-hydroxylation sites is 2. The monoisotopic (exact) mass is 529 g/mol. The highest BCUT2D eigenvalue weighted by atomic mass is 127. The highest BCUT2D eigenvalue weighted by Gasteiger charge is 2.25. The molecule has 0 bridgehead atoms. The fraction of sp³-hybridized carbons (Fsp3) is 0.524. The summed E-state index contributed by atoms with van der Waals surface area (Å²) >= 11 is 1.75. The number of anilines is 1. The first-order chi connectivity index (χ1) is 13.6. The van der Waals surface area contributed by atoms with Crippen LogP contribution in [0.1, 0.15) is 36.9 Å². The third kappa shape index (κ3) is 6.47. The number of hydrogen-bond acceptors (Lipinski definition) is 5. The maximum Gasteiger partial charge on any atom is 0.191 e. The first-order valence-corrected chi connectivity index (χ1v) is 10.8. The Labute approximate surface area is 195 Å². The third-order valence-electron chi connectivity index (χ3n) is 4.92. The molecule has 1 fully saturated rings. The van der Waals surface area contributed by atoms with Gasteiger partial charge in [-0.25, -0.2) is 4.98 Å². The quantitative estimate of drug-likeness (QED) is 0.324. The smallest absolute Gasteiger partial charge is 0.191 e. The van der Waals surface area contributed by atoms with Gasteiger partial charge in [-0.3, -0.25) is 4.99 Å². The van der Waals surface area contributed by atoms with Crippen LogP contribution in [0.5, 0.6) is 5.75 Å². The SMILES string of the molecule is CN=C(NCCc1csc(C(C)C)n1)NC1CCN(c2ccccc2OC)C1.I. The molecule has 1 aliphatic heterocycles. The lowest BCUT2D eigenvalue weighted by atomic mass is 10.2. The predicted molar refractivity (Wildman–Crippen MR) is 133 cm³/mol. The number of nitrogens with one attached hydrogen (secondary N) is 2. The summed E-state index contributed by atoms with van der Waals surface area (Å²) in [5.74, 6) is 2.27. The number of halogens is 1. The van der Waals surface area contributed by atoms with Gasteiger partial charge in [0.05, 0.1) is 23.5 Å². The average molecular weight is 529 g/mol. The fourth-order valence-electron chi connectivity index (χ4n) is 3.39. The molecule has 1 atom stereocenters. The van der Waals surface area contributed by atoms with Crippen molar-refractivity contribution in [1.82, 2.24) is 15.6 Å². The number of thiazole rings is 1. The minimum Gasteiger partial charge on any atom is -0.495 e. The van der Waals surface area contributed by atoms with Crippen LogP contribution in [0.25, 0.3) is 0 Å². The standard InChI is InChI=1S/C21H31N5OS.HI/c1-15(2)20-24-17(14-28-20)9-11-23-21(22-3)25-16-10-12-26(13-16)18-7-5-6-8-19(18)27-4;/h5-8,14-16H,9-13H2,1-4H3,(H2,22,23,25);1H.